The summed E-state index contributed by atoms with van der Waals surface area (Å²) < 4.78 is 41.9. The van der Waals surface area contributed by atoms with Gasteiger partial charge in [0.1, 0.15) is 6.10 Å². The lowest BCUT2D eigenvalue weighted by molar-refractivity contribution is -0.137. The molecule has 0 aliphatic heterocycles. The molecule has 20 heavy (non-hydrogen) atoms. The van der Waals surface area contributed by atoms with Gasteiger partial charge in [-0.2, -0.15) is 13.2 Å². The van der Waals surface area contributed by atoms with Gasteiger partial charge >= 0.3 is 12.3 Å². The number of carbonyl (C=O) groups is 1. The van der Waals surface area contributed by atoms with Crippen LogP contribution in [-0.4, -0.2) is 17.2 Å². The summed E-state index contributed by atoms with van der Waals surface area (Å²) in [5.41, 5.74) is 4.42. The average molecular weight is 289 g/mol. The molecule has 2 N–H and O–H groups in total. The zero-order chi connectivity index (χ0) is 14.6. The fraction of sp³-hybridized carbons (Fsp3) is 0.500. The lowest BCUT2D eigenvalue weighted by atomic mass is 9.96. The van der Waals surface area contributed by atoms with E-state index in [0.717, 1.165) is 31.5 Å². The lowest BCUT2D eigenvalue weighted by Gasteiger charge is -2.25. The van der Waals surface area contributed by atoms with Gasteiger partial charge in [-0.05, 0) is 31.4 Å². The first-order valence-electron chi connectivity index (χ1n) is 6.17. The van der Waals surface area contributed by atoms with Crippen molar-refractivity contribution < 1.29 is 22.7 Å². The number of amides is 1. The van der Waals surface area contributed by atoms with Gasteiger partial charge in [-0.15, -0.1) is 0 Å². The maximum Gasteiger partial charge on any atom is 0.421 e. The molecule has 1 heterocycles. The lowest BCUT2D eigenvalue weighted by Crippen LogP contribution is -2.40. The number of carbonyl (C=O) groups excluding carboxylic acids is 1. The normalized spacial score (nSPS) is 15.6. The van der Waals surface area contributed by atoms with Gasteiger partial charge in [0.25, 0.3) is 0 Å². The highest BCUT2D eigenvalue weighted by Gasteiger charge is 2.30. The third-order valence-electron chi connectivity index (χ3n) is 2.94. The van der Waals surface area contributed by atoms with Gasteiger partial charge in [0.05, 0.1) is 17.8 Å². The molecule has 0 unspecified atom stereocenters. The topological polar surface area (TPSA) is 63.2 Å². The molecule has 0 aromatic carbocycles. The van der Waals surface area contributed by atoms with Gasteiger partial charge in [0.15, 0.2) is 0 Å². The van der Waals surface area contributed by atoms with Crippen molar-refractivity contribution in [2.75, 3.05) is 0 Å². The van der Waals surface area contributed by atoms with Gasteiger partial charge in [0.2, 0.25) is 0 Å². The number of halogens is 3. The summed E-state index contributed by atoms with van der Waals surface area (Å²) in [6.07, 6.45) is -1.47. The molecule has 1 aliphatic rings. The molecular formula is C12H14F3N3O2. The monoisotopic (exact) mass is 289 g/mol. The first kappa shape index (κ1) is 14.6. The van der Waals surface area contributed by atoms with Crippen LogP contribution in [-0.2, 0) is 17.5 Å². The second-order valence-corrected chi connectivity index (χ2v) is 4.47. The van der Waals surface area contributed by atoms with Gasteiger partial charge in [0, 0.05) is 6.20 Å². The van der Waals surface area contributed by atoms with E-state index >= 15 is 0 Å². The maximum absolute atomic E-state index is 12.3. The van der Waals surface area contributed by atoms with Crippen molar-refractivity contribution >= 4 is 6.09 Å². The number of hydrazine groups is 1. The molecule has 8 heteroatoms. The van der Waals surface area contributed by atoms with Crippen LogP contribution in [0.3, 0.4) is 0 Å². The van der Waals surface area contributed by atoms with E-state index in [-0.39, 0.29) is 12.6 Å². The molecule has 2 rings (SSSR count). The number of rotatable bonds is 4. The smallest absolute Gasteiger partial charge is 0.421 e. The van der Waals surface area contributed by atoms with E-state index in [1.807, 2.05) is 0 Å². The molecule has 1 aromatic rings. The van der Waals surface area contributed by atoms with E-state index in [4.69, 9.17) is 4.74 Å². The second kappa shape index (κ2) is 6.08. The van der Waals surface area contributed by atoms with E-state index in [9.17, 15) is 18.0 Å². The molecule has 1 amide bonds. The molecule has 0 spiro atoms. The second-order valence-electron chi connectivity index (χ2n) is 4.47. The van der Waals surface area contributed by atoms with Crippen molar-refractivity contribution in [3.63, 3.8) is 0 Å². The molecular weight excluding hydrogens is 275 g/mol. The van der Waals surface area contributed by atoms with Gasteiger partial charge in [-0.25, -0.2) is 10.2 Å². The minimum atomic E-state index is -4.40. The third-order valence-corrected chi connectivity index (χ3v) is 2.94. The fourth-order valence-corrected chi connectivity index (χ4v) is 1.57. The van der Waals surface area contributed by atoms with Gasteiger partial charge in [-0.3, -0.25) is 10.4 Å². The van der Waals surface area contributed by atoms with Crippen molar-refractivity contribution in [3.8, 4) is 0 Å². The maximum atomic E-state index is 12.3. The van der Waals surface area contributed by atoms with Crippen LogP contribution in [0.5, 0.6) is 0 Å². The number of ether oxygens (including phenoxy) is 1. The molecule has 110 valence electrons. The largest absolute Gasteiger partial charge is 0.445 e. The summed E-state index contributed by atoms with van der Waals surface area (Å²) in [4.78, 5) is 14.9. The molecule has 0 atom stereocenters. The van der Waals surface area contributed by atoms with Crippen LogP contribution in [0.15, 0.2) is 18.3 Å². The first-order chi connectivity index (χ1) is 9.45. The fourth-order valence-electron chi connectivity index (χ4n) is 1.57. The Morgan fingerprint density at radius 3 is 2.65 bits per heavy atom. The predicted octanol–water partition coefficient (Wildman–Crippen LogP) is 2.38. The highest BCUT2D eigenvalue weighted by atomic mass is 19.4. The standard InChI is InChI=1S/C12H14F3N3O2/c13-12(14,15)8-4-5-9(16-6-8)7-17-18-11(19)20-10-2-1-3-10/h4-6,10,17H,1-3,7H2,(H,18,19). The number of pyridine rings is 1. The number of nitrogens with one attached hydrogen (secondary N) is 2. The number of alkyl halides is 3. The molecule has 1 aromatic heterocycles. The molecule has 1 aliphatic carbocycles. The number of hydrogen-bond donors (Lipinski definition) is 2. The van der Waals surface area contributed by atoms with E-state index in [0.29, 0.717) is 5.69 Å². The van der Waals surface area contributed by atoms with Crippen molar-refractivity contribution in [3.05, 3.63) is 29.6 Å². The Kier molecular flexibility index (Phi) is 4.43. The third kappa shape index (κ3) is 4.09. The van der Waals surface area contributed by atoms with Crippen molar-refractivity contribution in [1.29, 1.82) is 0 Å². The van der Waals surface area contributed by atoms with E-state index in [1.54, 1.807) is 0 Å². The van der Waals surface area contributed by atoms with Crippen LogP contribution in [0.4, 0.5) is 18.0 Å². The predicted molar refractivity (Wildman–Crippen MR) is 63.3 cm³/mol. The molecule has 1 saturated carbocycles. The quantitative estimate of drug-likeness (QED) is 0.835. The average Bonchev–Trinajstić information content (AvgIpc) is 2.33. The number of aromatic nitrogens is 1. The summed E-state index contributed by atoms with van der Waals surface area (Å²) in [5.74, 6) is 0. The Labute approximate surface area is 113 Å². The van der Waals surface area contributed by atoms with E-state index < -0.39 is 17.8 Å². The zero-order valence-electron chi connectivity index (χ0n) is 10.5. The van der Waals surface area contributed by atoms with Crippen LogP contribution in [0.2, 0.25) is 0 Å². The van der Waals surface area contributed by atoms with E-state index in [1.165, 1.54) is 6.07 Å². The minimum Gasteiger partial charge on any atom is -0.445 e. The SMILES string of the molecule is O=C(NNCc1ccc(C(F)(F)F)cn1)OC1CCC1. The van der Waals surface area contributed by atoms with Crippen molar-refractivity contribution in [2.45, 2.75) is 38.1 Å². The Bertz CT molecular complexity index is 458. The highest BCUT2D eigenvalue weighted by Crippen LogP contribution is 2.28. The van der Waals surface area contributed by atoms with E-state index in [2.05, 4.69) is 15.8 Å². The summed E-state index contributed by atoms with van der Waals surface area (Å²) in [6.45, 7) is 0.109. The summed E-state index contributed by atoms with van der Waals surface area (Å²) >= 11 is 0. The van der Waals surface area contributed by atoms with Crippen LogP contribution >= 0.6 is 0 Å². The van der Waals surface area contributed by atoms with Crippen LogP contribution in [0.25, 0.3) is 0 Å². The summed E-state index contributed by atoms with van der Waals surface area (Å²) in [6, 6.07) is 2.19. The van der Waals surface area contributed by atoms with Gasteiger partial charge < -0.3 is 4.74 Å². The van der Waals surface area contributed by atoms with Crippen molar-refractivity contribution in [2.24, 2.45) is 0 Å². The van der Waals surface area contributed by atoms with Crippen LogP contribution < -0.4 is 10.9 Å². The summed E-state index contributed by atoms with van der Waals surface area (Å²) in [7, 11) is 0. The summed E-state index contributed by atoms with van der Waals surface area (Å²) in [5, 5.41) is 0. The number of hydrogen-bond acceptors (Lipinski definition) is 4. The molecule has 0 bridgehead atoms. The molecule has 5 nitrogen and oxygen atoms in total. The van der Waals surface area contributed by atoms with Crippen LogP contribution in [0, 0.1) is 0 Å². The van der Waals surface area contributed by atoms with Crippen LogP contribution in [0.1, 0.15) is 30.5 Å². The molecule has 0 radical (unpaired) electrons. The number of nitrogens with zero attached hydrogens (tertiary/aromatic N) is 1. The Hall–Kier alpha value is -1.83. The van der Waals surface area contributed by atoms with Crippen molar-refractivity contribution in [1.82, 2.24) is 15.8 Å². The zero-order valence-corrected chi connectivity index (χ0v) is 10.5. The first-order valence-corrected chi connectivity index (χ1v) is 6.17. The Morgan fingerprint density at radius 2 is 2.15 bits per heavy atom. The van der Waals surface area contributed by atoms with Gasteiger partial charge in [-0.1, -0.05) is 0 Å². The highest BCUT2D eigenvalue weighted by molar-refractivity contribution is 5.66. The Morgan fingerprint density at radius 1 is 1.40 bits per heavy atom. The Balaban J connectivity index is 1.72. The molecule has 1 fully saturated rings. The molecule has 0 saturated heterocycles. The minimum absolute atomic E-state index is 0.0269.